The summed E-state index contributed by atoms with van der Waals surface area (Å²) in [5.41, 5.74) is 0. The molecule has 0 aromatic heterocycles. The lowest BCUT2D eigenvalue weighted by molar-refractivity contribution is -0.143. The van der Waals surface area contributed by atoms with Crippen molar-refractivity contribution in [1.82, 2.24) is 15.1 Å². The van der Waals surface area contributed by atoms with E-state index in [1.54, 1.807) is 13.8 Å². The van der Waals surface area contributed by atoms with E-state index < -0.39 is 17.7 Å². The van der Waals surface area contributed by atoms with E-state index in [0.717, 1.165) is 0 Å². The minimum absolute atomic E-state index is 0.115. The van der Waals surface area contributed by atoms with Gasteiger partial charge in [-0.1, -0.05) is 0 Å². The molecular weight excluding hydrogens is 280 g/mol. The maximum absolute atomic E-state index is 12.2. The van der Waals surface area contributed by atoms with Gasteiger partial charge in [0.1, 0.15) is 6.54 Å². The highest BCUT2D eigenvalue weighted by Gasteiger charge is 2.41. The van der Waals surface area contributed by atoms with Gasteiger partial charge in [0.15, 0.2) is 11.0 Å². The molecule has 0 spiro atoms. The third kappa shape index (κ3) is 3.19. The minimum Gasteiger partial charge on any atom is -0.358 e. The third-order valence-corrected chi connectivity index (χ3v) is 3.37. The van der Waals surface area contributed by atoms with Gasteiger partial charge in [0.25, 0.3) is 0 Å². The van der Waals surface area contributed by atoms with Crippen LogP contribution in [0.4, 0.5) is 0 Å². The highest BCUT2D eigenvalue weighted by molar-refractivity contribution is 7.80. The lowest BCUT2D eigenvalue weighted by Gasteiger charge is -2.37. The molecule has 3 amide bonds. The molecular formula is C12H18N4O3S. The van der Waals surface area contributed by atoms with E-state index in [-0.39, 0.29) is 17.6 Å². The van der Waals surface area contributed by atoms with E-state index in [0.29, 0.717) is 13.1 Å². The van der Waals surface area contributed by atoms with Crippen molar-refractivity contribution in [2.45, 2.75) is 13.8 Å². The zero-order chi connectivity index (χ0) is 15.3. The molecule has 20 heavy (non-hydrogen) atoms. The maximum Gasteiger partial charge on any atom is 0.246 e. The fraction of sp³-hybridized carbons (Fsp3) is 0.583. The number of hydrogen-bond donors (Lipinski definition) is 1. The number of carbonyl (C=O) groups is 3. The van der Waals surface area contributed by atoms with Gasteiger partial charge >= 0.3 is 0 Å². The second kappa shape index (κ2) is 7.09. The summed E-state index contributed by atoms with van der Waals surface area (Å²) < 4.78 is 0. The predicted molar refractivity (Wildman–Crippen MR) is 78.3 cm³/mol. The number of rotatable bonds is 5. The number of amides is 3. The highest BCUT2D eigenvalue weighted by Crippen LogP contribution is 2.16. The average Bonchev–Trinajstić information content (AvgIpc) is 2.43. The Bertz CT molecular complexity index is 438. The standard InChI is InChI=1S/C12H18N4O3S/c1-4-15-10(18)8(6-14-7-9(17)13-3)11(19)16(5-2)12(15)20/h6,8H,4-5,7H2,1-3H3,(H,13,17). The topological polar surface area (TPSA) is 82.1 Å². The maximum atomic E-state index is 12.2. The Hall–Kier alpha value is -1.83. The number of aliphatic imine (C=N–C) groups is 1. The molecule has 1 saturated heterocycles. The monoisotopic (exact) mass is 298 g/mol. The molecule has 0 aromatic carbocycles. The number of nitrogens with zero attached hydrogens (tertiary/aromatic N) is 3. The molecule has 1 aliphatic rings. The van der Waals surface area contributed by atoms with E-state index in [1.165, 1.54) is 23.1 Å². The first-order valence-corrected chi connectivity index (χ1v) is 6.75. The van der Waals surface area contributed by atoms with Crippen LogP contribution in [0, 0.1) is 5.92 Å². The first-order chi connectivity index (χ1) is 9.47. The second-order valence-electron chi connectivity index (χ2n) is 4.09. The number of nitrogens with one attached hydrogen (secondary N) is 1. The smallest absolute Gasteiger partial charge is 0.246 e. The van der Waals surface area contributed by atoms with Gasteiger partial charge in [0.2, 0.25) is 17.7 Å². The molecule has 1 aliphatic heterocycles. The first-order valence-electron chi connectivity index (χ1n) is 6.35. The summed E-state index contributed by atoms with van der Waals surface area (Å²) in [7, 11) is 1.49. The van der Waals surface area contributed by atoms with Crippen LogP contribution in [0.15, 0.2) is 4.99 Å². The molecule has 0 radical (unpaired) electrons. The Balaban J connectivity index is 2.92. The Labute approximate surface area is 123 Å². The first kappa shape index (κ1) is 16.2. The van der Waals surface area contributed by atoms with Crippen LogP contribution in [0.2, 0.25) is 0 Å². The van der Waals surface area contributed by atoms with Crippen LogP contribution in [-0.4, -0.2) is 65.5 Å². The van der Waals surface area contributed by atoms with Crippen molar-refractivity contribution in [2.24, 2.45) is 10.9 Å². The van der Waals surface area contributed by atoms with Crippen LogP contribution < -0.4 is 5.32 Å². The quantitative estimate of drug-likeness (QED) is 0.418. The zero-order valence-corrected chi connectivity index (χ0v) is 12.6. The van der Waals surface area contributed by atoms with Crippen LogP contribution in [0.25, 0.3) is 0 Å². The summed E-state index contributed by atoms with van der Waals surface area (Å²) in [5, 5.41) is 2.63. The van der Waals surface area contributed by atoms with Crippen molar-refractivity contribution < 1.29 is 14.4 Å². The van der Waals surface area contributed by atoms with Gasteiger partial charge in [-0.15, -0.1) is 0 Å². The fourth-order valence-corrected chi connectivity index (χ4v) is 2.24. The van der Waals surface area contributed by atoms with Gasteiger partial charge in [0, 0.05) is 26.4 Å². The largest absolute Gasteiger partial charge is 0.358 e. The van der Waals surface area contributed by atoms with Crippen molar-refractivity contribution in [3.8, 4) is 0 Å². The van der Waals surface area contributed by atoms with E-state index in [1.807, 2.05) is 0 Å². The highest BCUT2D eigenvalue weighted by atomic mass is 32.1. The normalized spacial score (nSPS) is 17.2. The van der Waals surface area contributed by atoms with Gasteiger partial charge in [0.05, 0.1) is 0 Å². The molecule has 8 heteroatoms. The number of thiocarbonyl (C=S) groups is 1. The second-order valence-corrected chi connectivity index (χ2v) is 4.45. The van der Waals surface area contributed by atoms with Crippen molar-refractivity contribution in [1.29, 1.82) is 0 Å². The molecule has 0 aromatic rings. The van der Waals surface area contributed by atoms with Gasteiger partial charge in [-0.2, -0.15) is 0 Å². The van der Waals surface area contributed by atoms with Crippen LogP contribution in [0.3, 0.4) is 0 Å². The third-order valence-electron chi connectivity index (χ3n) is 2.93. The molecule has 110 valence electrons. The Kier molecular flexibility index (Phi) is 5.75. The molecule has 1 rings (SSSR count). The van der Waals surface area contributed by atoms with Crippen LogP contribution >= 0.6 is 12.2 Å². The number of carbonyl (C=O) groups excluding carboxylic acids is 3. The Morgan fingerprint density at radius 3 is 2.20 bits per heavy atom. The summed E-state index contributed by atoms with van der Waals surface area (Å²) in [6.45, 7) is 4.23. The SMILES string of the molecule is CCN1C(=O)C(C=NCC(=O)NC)C(=O)N(CC)C1=S. The van der Waals surface area contributed by atoms with Crippen molar-refractivity contribution >= 4 is 41.3 Å². The summed E-state index contributed by atoms with van der Waals surface area (Å²) in [5.74, 6) is -2.08. The summed E-state index contributed by atoms with van der Waals surface area (Å²) >= 11 is 5.13. The zero-order valence-electron chi connectivity index (χ0n) is 11.8. The van der Waals surface area contributed by atoms with Crippen molar-refractivity contribution in [3.05, 3.63) is 0 Å². The summed E-state index contributed by atoms with van der Waals surface area (Å²) in [6.07, 6.45) is 1.23. The van der Waals surface area contributed by atoms with Crippen LogP contribution in [0.5, 0.6) is 0 Å². The average molecular weight is 298 g/mol. The molecule has 0 unspecified atom stereocenters. The lowest BCUT2D eigenvalue weighted by atomic mass is 10.1. The van der Waals surface area contributed by atoms with Gasteiger partial charge in [-0.25, -0.2) is 0 Å². The van der Waals surface area contributed by atoms with Gasteiger partial charge < -0.3 is 5.32 Å². The molecule has 1 N–H and O–H groups in total. The van der Waals surface area contributed by atoms with Gasteiger partial charge in [-0.3, -0.25) is 29.2 Å². The lowest BCUT2D eigenvalue weighted by Crippen LogP contribution is -2.59. The molecule has 0 bridgehead atoms. The van der Waals surface area contributed by atoms with Crippen molar-refractivity contribution in [3.63, 3.8) is 0 Å². The van der Waals surface area contributed by atoms with E-state index >= 15 is 0 Å². The molecule has 0 aliphatic carbocycles. The summed E-state index contributed by atoms with van der Waals surface area (Å²) in [6, 6.07) is 0. The summed E-state index contributed by atoms with van der Waals surface area (Å²) in [4.78, 5) is 42.0. The van der Waals surface area contributed by atoms with Crippen LogP contribution in [-0.2, 0) is 14.4 Å². The van der Waals surface area contributed by atoms with E-state index in [9.17, 15) is 14.4 Å². The number of likely N-dealkylation sites (N-methyl/N-ethyl adjacent to an activating group) is 1. The fourth-order valence-electron chi connectivity index (χ4n) is 1.81. The predicted octanol–water partition coefficient (Wildman–Crippen LogP) is -0.585. The number of hydrogen-bond acceptors (Lipinski definition) is 5. The Morgan fingerprint density at radius 1 is 1.30 bits per heavy atom. The van der Waals surface area contributed by atoms with E-state index in [4.69, 9.17) is 12.2 Å². The minimum atomic E-state index is -1.01. The van der Waals surface area contributed by atoms with E-state index in [2.05, 4.69) is 10.3 Å². The molecule has 7 nitrogen and oxygen atoms in total. The molecule has 0 saturated carbocycles. The van der Waals surface area contributed by atoms with Gasteiger partial charge in [-0.05, 0) is 26.1 Å². The molecule has 1 fully saturated rings. The molecule has 0 atom stereocenters. The Morgan fingerprint density at radius 2 is 1.80 bits per heavy atom. The molecule has 1 heterocycles. The van der Waals surface area contributed by atoms with Crippen LogP contribution in [0.1, 0.15) is 13.8 Å². The van der Waals surface area contributed by atoms with Crippen molar-refractivity contribution in [2.75, 3.05) is 26.7 Å².